The third-order valence-corrected chi connectivity index (χ3v) is 3.29. The van der Waals surface area contributed by atoms with Gasteiger partial charge in [0.2, 0.25) is 0 Å². The van der Waals surface area contributed by atoms with E-state index in [9.17, 15) is 0 Å². The average molecular weight is 195 g/mol. The van der Waals surface area contributed by atoms with E-state index in [4.69, 9.17) is 0 Å². The van der Waals surface area contributed by atoms with Crippen LogP contribution in [0.1, 0.15) is 20.8 Å². The average Bonchev–Trinajstić information content (AvgIpc) is 2.63. The normalized spacial score (nSPS) is 19.9. The molecule has 0 aromatic heterocycles. The molecule has 0 amide bonds. The van der Waals surface area contributed by atoms with E-state index in [1.807, 2.05) is 25.6 Å². The number of nitrogens with zero attached hydrogens (tertiary/aromatic N) is 1. The summed E-state index contributed by atoms with van der Waals surface area (Å²) in [5, 5.41) is 1.40. The molecule has 1 saturated heterocycles. The van der Waals surface area contributed by atoms with E-state index in [1.54, 1.807) is 0 Å². The van der Waals surface area contributed by atoms with E-state index >= 15 is 0 Å². The Morgan fingerprint density at radius 1 is 1.46 bits per heavy atom. The molecule has 0 bridgehead atoms. The smallest absolute Gasteiger partial charge is 0.0783 e. The molecule has 1 fully saturated rings. The Morgan fingerprint density at radius 2 is 2.15 bits per heavy atom. The van der Waals surface area contributed by atoms with E-state index < -0.39 is 0 Å². The Kier molecular flexibility index (Phi) is 3.67. The van der Waals surface area contributed by atoms with Crippen LogP contribution < -0.4 is 0 Å². The Hall–Kier alpha value is -0.630. The zero-order valence-electron chi connectivity index (χ0n) is 8.63. The van der Waals surface area contributed by atoms with Crippen molar-refractivity contribution in [1.29, 1.82) is 0 Å². The molecule has 72 valence electrons. The summed E-state index contributed by atoms with van der Waals surface area (Å²) < 4.78 is 0. The lowest BCUT2D eigenvalue weighted by atomic mass is 10.1. The van der Waals surface area contributed by atoms with E-state index in [1.165, 1.54) is 16.4 Å². The van der Waals surface area contributed by atoms with Gasteiger partial charge in [0.05, 0.1) is 5.03 Å². The molecule has 2 aliphatic rings. The summed E-state index contributed by atoms with van der Waals surface area (Å²) in [7, 11) is 0. The monoisotopic (exact) mass is 195 g/mol. The molecule has 0 unspecified atom stereocenters. The zero-order chi connectivity index (χ0) is 9.84. The molecular weight excluding hydrogens is 178 g/mol. The van der Waals surface area contributed by atoms with Crippen molar-refractivity contribution in [1.82, 2.24) is 4.90 Å². The van der Waals surface area contributed by atoms with Crippen LogP contribution in [0.3, 0.4) is 0 Å². The van der Waals surface area contributed by atoms with Gasteiger partial charge in [0.15, 0.2) is 0 Å². The molecule has 0 atom stereocenters. The number of rotatable bonds is 0. The lowest BCUT2D eigenvalue weighted by Crippen LogP contribution is -2.14. The summed E-state index contributed by atoms with van der Waals surface area (Å²) >= 11 is 1.93. The van der Waals surface area contributed by atoms with Crippen molar-refractivity contribution in [3.8, 4) is 0 Å². The van der Waals surface area contributed by atoms with Crippen molar-refractivity contribution in [2.45, 2.75) is 20.8 Å². The molecule has 2 heterocycles. The Labute approximate surface area is 85.2 Å². The standard InChI is InChI=1S/C9H11NS.C2H6/c1-7-3-4-10-5-6-11-9(10)8(7)2;1-2/h3-4H,1,5-6H2,2H3;1-2H3. The zero-order valence-corrected chi connectivity index (χ0v) is 9.45. The molecule has 0 aromatic rings. The molecule has 0 aromatic carbocycles. The molecule has 0 N–H and O–H groups in total. The summed E-state index contributed by atoms with van der Waals surface area (Å²) in [6.07, 6.45) is 4.22. The van der Waals surface area contributed by atoms with Crippen LogP contribution in [0.15, 0.2) is 35.0 Å². The summed E-state index contributed by atoms with van der Waals surface area (Å²) in [6, 6.07) is 0. The van der Waals surface area contributed by atoms with Crippen LogP contribution in [0.25, 0.3) is 0 Å². The maximum Gasteiger partial charge on any atom is 0.0783 e. The van der Waals surface area contributed by atoms with Gasteiger partial charge >= 0.3 is 0 Å². The van der Waals surface area contributed by atoms with Gasteiger partial charge in [-0.3, -0.25) is 0 Å². The van der Waals surface area contributed by atoms with Crippen LogP contribution in [0, 0.1) is 0 Å². The summed E-state index contributed by atoms with van der Waals surface area (Å²) in [4.78, 5) is 2.30. The van der Waals surface area contributed by atoms with E-state index in [2.05, 4.69) is 30.7 Å². The minimum atomic E-state index is 1.15. The lowest BCUT2D eigenvalue weighted by molar-refractivity contribution is 0.537. The van der Waals surface area contributed by atoms with Crippen LogP contribution in [0.4, 0.5) is 0 Å². The third kappa shape index (κ3) is 1.99. The number of allylic oxidation sites excluding steroid dienone is 3. The van der Waals surface area contributed by atoms with Gasteiger partial charge in [-0.2, -0.15) is 0 Å². The molecule has 1 nitrogen and oxygen atoms in total. The van der Waals surface area contributed by atoms with E-state index in [-0.39, 0.29) is 0 Å². The summed E-state index contributed by atoms with van der Waals surface area (Å²) in [5.41, 5.74) is 2.50. The summed E-state index contributed by atoms with van der Waals surface area (Å²) in [5.74, 6) is 1.21. The van der Waals surface area contributed by atoms with Gasteiger partial charge in [-0.05, 0) is 24.1 Å². The maximum absolute atomic E-state index is 3.97. The number of hydrogen-bond acceptors (Lipinski definition) is 2. The van der Waals surface area contributed by atoms with Crippen LogP contribution in [-0.4, -0.2) is 17.2 Å². The van der Waals surface area contributed by atoms with Crippen molar-refractivity contribution in [2.75, 3.05) is 12.3 Å². The molecule has 0 saturated carbocycles. The number of hydrogen-bond donors (Lipinski definition) is 0. The van der Waals surface area contributed by atoms with Gasteiger partial charge in [0, 0.05) is 18.5 Å². The van der Waals surface area contributed by atoms with Crippen molar-refractivity contribution in [2.24, 2.45) is 0 Å². The second-order valence-electron chi connectivity index (χ2n) is 2.81. The van der Waals surface area contributed by atoms with Crippen LogP contribution in [0.2, 0.25) is 0 Å². The second-order valence-corrected chi connectivity index (χ2v) is 3.90. The first-order valence-electron chi connectivity index (χ1n) is 4.77. The highest BCUT2D eigenvalue weighted by molar-refractivity contribution is 8.03. The molecule has 0 aliphatic carbocycles. The van der Waals surface area contributed by atoms with Gasteiger partial charge < -0.3 is 4.90 Å². The van der Waals surface area contributed by atoms with Gasteiger partial charge in [0.1, 0.15) is 0 Å². The highest BCUT2D eigenvalue weighted by Crippen LogP contribution is 2.35. The Morgan fingerprint density at radius 3 is 2.85 bits per heavy atom. The molecule has 0 radical (unpaired) electrons. The Bertz CT molecular complexity index is 263. The third-order valence-electron chi connectivity index (χ3n) is 2.09. The quantitative estimate of drug-likeness (QED) is 0.583. The predicted molar refractivity (Wildman–Crippen MR) is 61.5 cm³/mol. The first-order valence-corrected chi connectivity index (χ1v) is 5.75. The fraction of sp³-hybridized carbons (Fsp3) is 0.455. The topological polar surface area (TPSA) is 3.24 Å². The fourth-order valence-corrected chi connectivity index (χ4v) is 2.48. The van der Waals surface area contributed by atoms with Gasteiger partial charge in [-0.1, -0.05) is 20.4 Å². The SMILES string of the molecule is C=C1C=CN2CCSC2=C1C.CC. The predicted octanol–water partition coefficient (Wildman–Crippen LogP) is 3.38. The highest BCUT2D eigenvalue weighted by atomic mass is 32.2. The van der Waals surface area contributed by atoms with Crippen molar-refractivity contribution < 1.29 is 0 Å². The fourth-order valence-electron chi connectivity index (χ4n) is 1.33. The molecule has 0 spiro atoms. The van der Waals surface area contributed by atoms with Gasteiger partial charge in [0.25, 0.3) is 0 Å². The van der Waals surface area contributed by atoms with Crippen LogP contribution in [-0.2, 0) is 0 Å². The van der Waals surface area contributed by atoms with Crippen molar-refractivity contribution in [3.63, 3.8) is 0 Å². The largest absolute Gasteiger partial charge is 0.342 e. The van der Waals surface area contributed by atoms with Crippen LogP contribution >= 0.6 is 11.8 Å². The Balaban J connectivity index is 0.000000396. The first kappa shape index (κ1) is 10.5. The molecule has 13 heavy (non-hydrogen) atoms. The number of thioether (sulfide) groups is 1. The van der Waals surface area contributed by atoms with Crippen LogP contribution in [0.5, 0.6) is 0 Å². The second kappa shape index (κ2) is 4.56. The summed E-state index contributed by atoms with van der Waals surface area (Å²) in [6.45, 7) is 11.3. The molecule has 2 rings (SSSR count). The molecule has 2 heteroatoms. The lowest BCUT2D eigenvalue weighted by Gasteiger charge is -2.21. The highest BCUT2D eigenvalue weighted by Gasteiger charge is 2.21. The maximum atomic E-state index is 3.97. The van der Waals surface area contributed by atoms with Crippen molar-refractivity contribution >= 4 is 11.8 Å². The van der Waals surface area contributed by atoms with Crippen molar-refractivity contribution in [3.05, 3.63) is 35.0 Å². The first-order chi connectivity index (χ1) is 6.29. The molecular formula is C11H17NS. The minimum Gasteiger partial charge on any atom is -0.342 e. The van der Waals surface area contributed by atoms with E-state index in [0.717, 1.165) is 12.1 Å². The van der Waals surface area contributed by atoms with E-state index in [0.29, 0.717) is 0 Å². The van der Waals surface area contributed by atoms with Gasteiger partial charge in [-0.15, -0.1) is 11.8 Å². The van der Waals surface area contributed by atoms with Gasteiger partial charge in [-0.25, -0.2) is 0 Å². The number of fused-ring (bicyclic) bond motifs is 1. The minimum absolute atomic E-state index is 1.15. The molecule has 2 aliphatic heterocycles.